The molecule has 0 unspecified atom stereocenters. The molecule has 1 N–H and O–H groups in total. The number of ether oxygens (including phenoxy) is 2. The van der Waals surface area contributed by atoms with Crippen molar-refractivity contribution in [3.63, 3.8) is 0 Å². The van der Waals surface area contributed by atoms with Crippen molar-refractivity contribution in [2.45, 2.75) is 44.9 Å². The molecule has 0 spiro atoms. The van der Waals surface area contributed by atoms with Crippen LogP contribution in [0.2, 0.25) is 0 Å². The molecule has 2 aromatic heterocycles. The van der Waals surface area contributed by atoms with Gasteiger partial charge in [-0.05, 0) is 54.5 Å². The molecule has 3 aromatic rings. The highest BCUT2D eigenvalue weighted by Gasteiger charge is 2.25. The number of hydrogen-bond acceptors (Lipinski definition) is 7. The maximum Gasteiger partial charge on any atom is 0.340 e. The third-order valence-corrected chi connectivity index (χ3v) is 6.48. The SMILES string of the molecule is CC.COC(=O)c1ccncc1NC[C@@H]1CCOc2cc(N(C)c3ccc(C4CC4)cn3)ccc21.[HH]. The van der Waals surface area contributed by atoms with Gasteiger partial charge in [-0.15, -0.1) is 0 Å². The third-order valence-electron chi connectivity index (χ3n) is 6.48. The quantitative estimate of drug-likeness (QED) is 0.409. The molecule has 186 valence electrons. The van der Waals surface area contributed by atoms with E-state index in [-0.39, 0.29) is 13.3 Å². The van der Waals surface area contributed by atoms with Gasteiger partial charge in [0.15, 0.2) is 0 Å². The zero-order chi connectivity index (χ0) is 24.8. The molecule has 0 amide bonds. The third kappa shape index (κ3) is 5.56. The first-order valence-corrected chi connectivity index (χ1v) is 12.4. The molecule has 7 nitrogen and oxygen atoms in total. The molecule has 0 saturated heterocycles. The molecule has 1 aliphatic heterocycles. The number of aromatic nitrogens is 2. The van der Waals surface area contributed by atoms with Crippen molar-refractivity contribution >= 4 is 23.2 Å². The standard InChI is InChI=1S/C26H28N4O3.C2H6.H2/c1-30(25-8-5-18(14-29-25)17-3-4-17)20-6-7-21-19(10-12-33-24(21)13-20)15-28-23-16-27-11-9-22(23)26(31)32-2;1-2;/h5-9,11,13-14,16-17,19,28H,3-4,10,12,15H2,1-2H3;1-2H3;1H/t19-;;/m0../s1. The summed E-state index contributed by atoms with van der Waals surface area (Å²) in [6.45, 7) is 5.32. The van der Waals surface area contributed by atoms with Crippen molar-refractivity contribution in [2.75, 3.05) is 37.5 Å². The summed E-state index contributed by atoms with van der Waals surface area (Å²) in [5.74, 6) is 2.40. The summed E-state index contributed by atoms with van der Waals surface area (Å²) in [4.78, 5) is 22.9. The number of methoxy groups -OCH3 is 1. The van der Waals surface area contributed by atoms with E-state index < -0.39 is 0 Å². The van der Waals surface area contributed by atoms with E-state index in [1.165, 1.54) is 25.5 Å². The largest absolute Gasteiger partial charge is 0.493 e. The van der Waals surface area contributed by atoms with Crippen molar-refractivity contribution in [3.8, 4) is 5.75 Å². The summed E-state index contributed by atoms with van der Waals surface area (Å²) in [6, 6.07) is 12.3. The van der Waals surface area contributed by atoms with E-state index in [1.54, 1.807) is 18.5 Å². The maximum absolute atomic E-state index is 12.0. The Bertz CT molecular complexity index is 1150. The molecule has 2 aliphatic rings. The summed E-state index contributed by atoms with van der Waals surface area (Å²) in [7, 11) is 3.41. The number of anilines is 3. The Morgan fingerprint density at radius 1 is 1.17 bits per heavy atom. The Morgan fingerprint density at radius 2 is 2.00 bits per heavy atom. The van der Waals surface area contributed by atoms with Crippen LogP contribution in [0.25, 0.3) is 0 Å². The van der Waals surface area contributed by atoms with Crippen molar-refractivity contribution in [1.82, 2.24) is 9.97 Å². The van der Waals surface area contributed by atoms with E-state index in [2.05, 4.69) is 50.5 Å². The predicted octanol–water partition coefficient (Wildman–Crippen LogP) is 6.16. The summed E-state index contributed by atoms with van der Waals surface area (Å²) in [6.07, 6.45) is 8.70. The van der Waals surface area contributed by atoms with Gasteiger partial charge in [-0.1, -0.05) is 26.0 Å². The van der Waals surface area contributed by atoms with Crippen molar-refractivity contribution in [1.29, 1.82) is 0 Å². The van der Waals surface area contributed by atoms with Gasteiger partial charge in [-0.25, -0.2) is 9.78 Å². The predicted molar refractivity (Wildman–Crippen MR) is 141 cm³/mol. The van der Waals surface area contributed by atoms with Gasteiger partial charge in [0.2, 0.25) is 0 Å². The van der Waals surface area contributed by atoms with Gasteiger partial charge in [-0.3, -0.25) is 4.98 Å². The highest BCUT2D eigenvalue weighted by molar-refractivity contribution is 5.95. The summed E-state index contributed by atoms with van der Waals surface area (Å²) >= 11 is 0. The first-order chi connectivity index (χ1) is 17.1. The highest BCUT2D eigenvalue weighted by Crippen LogP contribution is 2.41. The molecule has 3 heterocycles. The molecule has 1 aliphatic carbocycles. The lowest BCUT2D eigenvalue weighted by Gasteiger charge is -2.28. The average molecular weight is 477 g/mol. The zero-order valence-electron chi connectivity index (χ0n) is 21.0. The number of nitrogens with one attached hydrogen (secondary N) is 1. The molecule has 0 radical (unpaired) electrons. The van der Waals surface area contributed by atoms with E-state index in [0.29, 0.717) is 30.3 Å². The van der Waals surface area contributed by atoms with Crippen molar-refractivity contribution < 1.29 is 15.7 Å². The van der Waals surface area contributed by atoms with Crippen LogP contribution in [-0.2, 0) is 4.74 Å². The fraction of sp³-hybridized carbons (Fsp3) is 0.393. The van der Waals surface area contributed by atoms with Crippen LogP contribution in [-0.4, -0.2) is 43.2 Å². The monoisotopic (exact) mass is 476 g/mol. The van der Waals surface area contributed by atoms with Crippen LogP contribution in [0.3, 0.4) is 0 Å². The first kappa shape index (κ1) is 24.5. The number of rotatable bonds is 7. The lowest BCUT2D eigenvalue weighted by molar-refractivity contribution is 0.0601. The second kappa shape index (κ2) is 11.2. The Hall–Kier alpha value is -3.61. The van der Waals surface area contributed by atoms with Crippen LogP contribution in [0.5, 0.6) is 5.75 Å². The van der Waals surface area contributed by atoms with Gasteiger partial charge in [0.25, 0.3) is 0 Å². The fourth-order valence-corrected chi connectivity index (χ4v) is 4.32. The molecule has 1 aromatic carbocycles. The van der Waals surface area contributed by atoms with Crippen molar-refractivity contribution in [2.24, 2.45) is 0 Å². The molecule has 7 heteroatoms. The lowest BCUT2D eigenvalue weighted by atomic mass is 9.92. The Balaban J connectivity index is 0.00000117. The van der Waals surface area contributed by atoms with Crippen LogP contribution in [0.4, 0.5) is 17.2 Å². The van der Waals surface area contributed by atoms with E-state index >= 15 is 0 Å². The summed E-state index contributed by atoms with van der Waals surface area (Å²) in [5.41, 5.74) is 4.69. The molecular formula is C28H36N4O3. The Morgan fingerprint density at radius 3 is 2.71 bits per heavy atom. The normalized spacial score (nSPS) is 16.2. The molecule has 1 fully saturated rings. The number of pyridine rings is 2. The first-order valence-electron chi connectivity index (χ1n) is 12.4. The van der Waals surface area contributed by atoms with Crippen LogP contribution in [0, 0.1) is 0 Å². The number of esters is 1. The van der Waals surface area contributed by atoms with Crippen LogP contribution in [0.1, 0.15) is 67.9 Å². The maximum atomic E-state index is 12.0. The van der Waals surface area contributed by atoms with Crippen LogP contribution < -0.4 is 15.0 Å². The van der Waals surface area contributed by atoms with Gasteiger partial charge in [0.1, 0.15) is 11.6 Å². The second-order valence-corrected chi connectivity index (χ2v) is 8.63. The summed E-state index contributed by atoms with van der Waals surface area (Å²) < 4.78 is 10.9. The molecule has 1 atom stereocenters. The van der Waals surface area contributed by atoms with Crippen LogP contribution in [0.15, 0.2) is 55.0 Å². The second-order valence-electron chi connectivity index (χ2n) is 8.63. The van der Waals surface area contributed by atoms with E-state index in [0.717, 1.165) is 29.2 Å². The van der Waals surface area contributed by atoms with E-state index in [9.17, 15) is 4.79 Å². The van der Waals surface area contributed by atoms with E-state index in [4.69, 9.17) is 9.47 Å². The van der Waals surface area contributed by atoms with Gasteiger partial charge in [0, 0.05) is 45.1 Å². The number of hydrogen-bond donors (Lipinski definition) is 1. The number of nitrogens with zero attached hydrogens (tertiary/aromatic N) is 3. The Labute approximate surface area is 209 Å². The number of carbonyl (C=O) groups excluding carboxylic acids is 1. The minimum atomic E-state index is -0.376. The average Bonchev–Trinajstić information content (AvgIpc) is 3.78. The van der Waals surface area contributed by atoms with Gasteiger partial charge in [-0.2, -0.15) is 0 Å². The topological polar surface area (TPSA) is 76.6 Å². The minimum Gasteiger partial charge on any atom is -0.493 e. The summed E-state index contributed by atoms with van der Waals surface area (Å²) in [5, 5.41) is 3.38. The van der Waals surface area contributed by atoms with Crippen LogP contribution >= 0.6 is 0 Å². The molecule has 5 rings (SSSR count). The van der Waals surface area contributed by atoms with Gasteiger partial charge < -0.3 is 19.7 Å². The smallest absolute Gasteiger partial charge is 0.340 e. The molecule has 35 heavy (non-hydrogen) atoms. The lowest BCUT2D eigenvalue weighted by Crippen LogP contribution is -2.22. The fourth-order valence-electron chi connectivity index (χ4n) is 4.32. The molecule has 0 bridgehead atoms. The minimum absolute atomic E-state index is 0. The van der Waals surface area contributed by atoms with Gasteiger partial charge >= 0.3 is 5.97 Å². The molecular weight excluding hydrogens is 440 g/mol. The van der Waals surface area contributed by atoms with Gasteiger partial charge in [0.05, 0.1) is 31.2 Å². The number of carbonyl (C=O) groups is 1. The van der Waals surface area contributed by atoms with Crippen molar-refractivity contribution in [3.05, 3.63) is 71.7 Å². The molecule has 1 saturated carbocycles. The number of benzene rings is 1. The highest BCUT2D eigenvalue weighted by atomic mass is 16.5. The van der Waals surface area contributed by atoms with E-state index in [1.807, 2.05) is 27.1 Å². The number of fused-ring (bicyclic) bond motifs is 1. The Kier molecular flexibility index (Phi) is 7.85. The zero-order valence-corrected chi connectivity index (χ0v) is 21.0.